The van der Waals surface area contributed by atoms with Gasteiger partial charge in [-0.1, -0.05) is 54.1 Å². The third kappa shape index (κ3) is 4.24. The molecule has 0 bridgehead atoms. The van der Waals surface area contributed by atoms with Gasteiger partial charge in [0, 0.05) is 10.4 Å². The predicted octanol–water partition coefficient (Wildman–Crippen LogP) is 7.07. The van der Waals surface area contributed by atoms with Gasteiger partial charge >= 0.3 is 6.18 Å². The van der Waals surface area contributed by atoms with Gasteiger partial charge in [0.2, 0.25) is 0 Å². The number of amides is 1. The Hall–Kier alpha value is -3.12. The molecule has 1 N–H and O–H groups in total. The second kappa shape index (κ2) is 7.95. The number of benzene rings is 3. The zero-order chi connectivity index (χ0) is 21.3. The number of rotatable bonds is 4. The van der Waals surface area contributed by atoms with E-state index in [1.54, 1.807) is 0 Å². The summed E-state index contributed by atoms with van der Waals surface area (Å²) >= 11 is 1.35. The van der Waals surface area contributed by atoms with Crippen LogP contribution < -0.4 is 5.32 Å². The highest BCUT2D eigenvalue weighted by Gasteiger charge is 2.30. The summed E-state index contributed by atoms with van der Waals surface area (Å²) in [4.78, 5) is 13.5. The van der Waals surface area contributed by atoms with Crippen molar-refractivity contribution in [1.82, 2.24) is 0 Å². The van der Waals surface area contributed by atoms with Gasteiger partial charge in [0.1, 0.15) is 0 Å². The second-order valence-corrected chi connectivity index (χ2v) is 8.15. The monoisotopic (exact) mass is 425 g/mol. The van der Waals surface area contributed by atoms with Crippen molar-refractivity contribution in [3.8, 4) is 0 Å². The average Bonchev–Trinajstić information content (AvgIpc) is 3.08. The van der Waals surface area contributed by atoms with E-state index < -0.39 is 17.6 Å². The third-order valence-electron chi connectivity index (χ3n) is 4.85. The minimum atomic E-state index is -4.46. The molecule has 30 heavy (non-hydrogen) atoms. The van der Waals surface area contributed by atoms with Crippen molar-refractivity contribution in [2.24, 2.45) is 0 Å². The molecule has 4 aromatic rings. The molecule has 0 saturated carbocycles. The summed E-state index contributed by atoms with van der Waals surface area (Å²) < 4.78 is 39.9. The summed E-state index contributed by atoms with van der Waals surface area (Å²) in [5, 5.41) is 3.62. The number of fused-ring (bicyclic) bond motifs is 1. The van der Waals surface area contributed by atoms with Crippen molar-refractivity contribution in [2.75, 3.05) is 5.32 Å². The van der Waals surface area contributed by atoms with Crippen LogP contribution in [-0.2, 0) is 12.6 Å². The maximum Gasteiger partial charge on any atom is 0.416 e. The first kappa shape index (κ1) is 20.2. The molecule has 0 saturated heterocycles. The lowest BCUT2D eigenvalue weighted by Crippen LogP contribution is -2.13. The normalized spacial score (nSPS) is 11.6. The number of hydrogen-bond donors (Lipinski definition) is 1. The Kier molecular flexibility index (Phi) is 5.35. The predicted molar refractivity (Wildman–Crippen MR) is 115 cm³/mol. The van der Waals surface area contributed by atoms with Crippen LogP contribution in [0.2, 0.25) is 0 Å². The summed E-state index contributed by atoms with van der Waals surface area (Å²) in [5.74, 6) is -0.405. The number of anilines is 1. The van der Waals surface area contributed by atoms with Gasteiger partial charge in [-0.05, 0) is 54.1 Å². The van der Waals surface area contributed by atoms with Crippen LogP contribution in [0.1, 0.15) is 31.9 Å². The first-order valence-corrected chi connectivity index (χ1v) is 10.2. The summed E-state index contributed by atoms with van der Waals surface area (Å²) in [6, 6.07) is 20.5. The summed E-state index contributed by atoms with van der Waals surface area (Å²) in [7, 11) is 0. The van der Waals surface area contributed by atoms with Crippen molar-refractivity contribution < 1.29 is 18.0 Å². The van der Waals surface area contributed by atoms with Gasteiger partial charge in [0.15, 0.2) is 0 Å². The van der Waals surface area contributed by atoms with E-state index in [0.717, 1.165) is 38.9 Å². The minimum Gasteiger partial charge on any atom is -0.321 e. The molecular formula is C24H18F3NOS. The van der Waals surface area contributed by atoms with Crippen LogP contribution >= 0.6 is 11.3 Å². The molecule has 0 fully saturated rings. The number of aryl methyl sites for hydroxylation is 1. The Morgan fingerprint density at radius 2 is 1.70 bits per heavy atom. The molecular weight excluding hydrogens is 407 g/mol. The van der Waals surface area contributed by atoms with E-state index in [9.17, 15) is 18.0 Å². The molecule has 0 spiro atoms. The van der Waals surface area contributed by atoms with Crippen LogP contribution in [0.5, 0.6) is 0 Å². The van der Waals surface area contributed by atoms with Gasteiger partial charge in [-0.2, -0.15) is 13.2 Å². The van der Waals surface area contributed by atoms with Crippen LogP contribution in [0, 0.1) is 6.92 Å². The van der Waals surface area contributed by atoms with Crippen LogP contribution in [-0.4, -0.2) is 5.91 Å². The highest BCUT2D eigenvalue weighted by atomic mass is 32.1. The summed E-state index contributed by atoms with van der Waals surface area (Å²) in [5.41, 5.74) is 2.42. The van der Waals surface area contributed by atoms with Crippen molar-refractivity contribution >= 4 is 33.0 Å². The Labute approximate surface area is 176 Å². The average molecular weight is 425 g/mol. The maximum atomic E-state index is 13.0. The van der Waals surface area contributed by atoms with Gasteiger partial charge in [-0.15, -0.1) is 11.3 Å². The Morgan fingerprint density at radius 3 is 2.43 bits per heavy atom. The topological polar surface area (TPSA) is 29.1 Å². The third-order valence-corrected chi connectivity index (χ3v) is 6.07. The molecule has 6 heteroatoms. The van der Waals surface area contributed by atoms with Gasteiger partial charge < -0.3 is 5.32 Å². The van der Waals surface area contributed by atoms with E-state index >= 15 is 0 Å². The first-order valence-electron chi connectivity index (χ1n) is 9.36. The van der Waals surface area contributed by atoms with Gasteiger partial charge in [-0.25, -0.2) is 0 Å². The standard InChI is InChI=1S/C24H18F3NOS/c1-15-9-11-16(12-10-15)13-20-19-7-2-3-8-21(19)30-22(20)23(29)28-18-6-4-5-17(14-18)24(25,26)27/h2-12,14H,13H2,1H3,(H,28,29). The second-order valence-electron chi connectivity index (χ2n) is 7.10. The summed E-state index contributed by atoms with van der Waals surface area (Å²) in [6.07, 6.45) is -3.90. The summed E-state index contributed by atoms with van der Waals surface area (Å²) in [6.45, 7) is 2.01. The van der Waals surface area contributed by atoms with E-state index in [1.807, 2.05) is 55.5 Å². The largest absolute Gasteiger partial charge is 0.416 e. The van der Waals surface area contributed by atoms with Gasteiger partial charge in [0.25, 0.3) is 5.91 Å². The smallest absolute Gasteiger partial charge is 0.321 e. The number of carbonyl (C=O) groups is 1. The molecule has 0 unspecified atom stereocenters. The molecule has 2 nitrogen and oxygen atoms in total. The lowest BCUT2D eigenvalue weighted by atomic mass is 10.0. The lowest BCUT2D eigenvalue weighted by molar-refractivity contribution is -0.137. The number of nitrogens with one attached hydrogen (secondary N) is 1. The molecule has 0 radical (unpaired) electrons. The Morgan fingerprint density at radius 1 is 0.967 bits per heavy atom. The van der Waals surface area contributed by atoms with Crippen molar-refractivity contribution in [2.45, 2.75) is 19.5 Å². The van der Waals surface area contributed by atoms with Gasteiger partial charge in [-0.3, -0.25) is 4.79 Å². The fourth-order valence-corrected chi connectivity index (χ4v) is 4.45. The Bertz CT molecular complexity index is 1210. The van der Waals surface area contributed by atoms with E-state index in [2.05, 4.69) is 5.32 Å². The van der Waals surface area contributed by atoms with Crippen LogP contribution in [0.25, 0.3) is 10.1 Å². The number of halogens is 3. The maximum absolute atomic E-state index is 13.0. The first-order chi connectivity index (χ1) is 14.3. The molecule has 3 aromatic carbocycles. The van der Waals surface area contributed by atoms with E-state index in [-0.39, 0.29) is 5.69 Å². The van der Waals surface area contributed by atoms with Crippen LogP contribution in [0.3, 0.4) is 0 Å². The fourth-order valence-electron chi connectivity index (χ4n) is 3.33. The molecule has 0 aliphatic rings. The van der Waals surface area contributed by atoms with Crippen molar-refractivity contribution in [3.63, 3.8) is 0 Å². The molecule has 0 atom stereocenters. The van der Waals surface area contributed by atoms with E-state index in [1.165, 1.54) is 23.5 Å². The molecule has 1 heterocycles. The highest BCUT2D eigenvalue weighted by Crippen LogP contribution is 2.34. The van der Waals surface area contributed by atoms with Crippen molar-refractivity contribution in [3.05, 3.63) is 99.9 Å². The van der Waals surface area contributed by atoms with Crippen LogP contribution in [0.4, 0.5) is 18.9 Å². The zero-order valence-corrected chi connectivity index (χ0v) is 16.9. The SMILES string of the molecule is Cc1ccc(Cc2c(C(=O)Nc3cccc(C(F)(F)F)c3)sc3ccccc23)cc1. The molecule has 152 valence electrons. The molecule has 0 aliphatic heterocycles. The quantitative estimate of drug-likeness (QED) is 0.372. The Balaban J connectivity index is 1.69. The fraction of sp³-hybridized carbons (Fsp3) is 0.125. The minimum absolute atomic E-state index is 0.119. The number of thiophene rings is 1. The van der Waals surface area contributed by atoms with Crippen molar-refractivity contribution in [1.29, 1.82) is 0 Å². The molecule has 0 aliphatic carbocycles. The number of carbonyl (C=O) groups excluding carboxylic acids is 1. The van der Waals surface area contributed by atoms with Crippen LogP contribution in [0.15, 0.2) is 72.8 Å². The van der Waals surface area contributed by atoms with Gasteiger partial charge in [0.05, 0.1) is 10.4 Å². The molecule has 4 rings (SSSR count). The van der Waals surface area contributed by atoms with E-state index in [0.29, 0.717) is 11.3 Å². The molecule has 1 aromatic heterocycles. The highest BCUT2D eigenvalue weighted by molar-refractivity contribution is 7.21. The number of hydrogen-bond acceptors (Lipinski definition) is 2. The zero-order valence-electron chi connectivity index (χ0n) is 16.1. The molecule has 1 amide bonds. The lowest BCUT2D eigenvalue weighted by Gasteiger charge is -2.10. The number of alkyl halides is 3. The van der Waals surface area contributed by atoms with E-state index in [4.69, 9.17) is 0 Å².